The van der Waals surface area contributed by atoms with Crippen molar-refractivity contribution in [1.29, 1.82) is 0 Å². The van der Waals surface area contributed by atoms with Gasteiger partial charge in [-0.3, -0.25) is 9.59 Å². The van der Waals surface area contributed by atoms with Crippen LogP contribution in [0.25, 0.3) is 0 Å². The summed E-state index contributed by atoms with van der Waals surface area (Å²) in [6.45, 7) is 6.38. The van der Waals surface area contributed by atoms with Crippen LogP contribution < -0.4 is 9.47 Å². The van der Waals surface area contributed by atoms with Crippen LogP contribution in [-0.4, -0.2) is 28.7 Å². The maximum Gasteiger partial charge on any atom is 0.573 e. The summed E-state index contributed by atoms with van der Waals surface area (Å²) in [7, 11) is 0. The van der Waals surface area contributed by atoms with E-state index in [1.807, 2.05) is 30.3 Å². The molecule has 1 atom stereocenters. The monoisotopic (exact) mass is 518 g/mol. The minimum Gasteiger partial charge on any atom is -0.711 e. The zero-order valence-corrected chi connectivity index (χ0v) is 20.5. The zero-order valence-electron chi connectivity index (χ0n) is 20.5. The van der Waals surface area contributed by atoms with Crippen LogP contribution in [0.5, 0.6) is 5.75 Å². The molecule has 1 saturated heterocycles. The lowest BCUT2D eigenvalue weighted by Crippen LogP contribution is -2.50. The molecular weight excluding hydrogens is 493 g/mol. The lowest BCUT2D eigenvalue weighted by molar-refractivity contribution is -0.621. The van der Waals surface area contributed by atoms with Crippen molar-refractivity contribution in [3.05, 3.63) is 88.1 Å². The quantitative estimate of drug-likeness (QED) is 0.209. The van der Waals surface area contributed by atoms with Crippen LogP contribution >= 0.6 is 0 Å². The van der Waals surface area contributed by atoms with E-state index in [1.54, 1.807) is 18.4 Å². The number of esters is 2. The summed E-state index contributed by atoms with van der Waals surface area (Å²) in [5.41, 5.74) is 2.01. The van der Waals surface area contributed by atoms with Gasteiger partial charge >= 0.3 is 18.3 Å². The van der Waals surface area contributed by atoms with E-state index < -0.39 is 41.7 Å². The largest absolute Gasteiger partial charge is 0.711 e. The van der Waals surface area contributed by atoms with Crippen LogP contribution in [0.4, 0.5) is 13.2 Å². The van der Waals surface area contributed by atoms with Gasteiger partial charge in [-0.25, -0.2) is 9.30 Å². The van der Waals surface area contributed by atoms with Gasteiger partial charge in [0.1, 0.15) is 29.6 Å². The minimum atomic E-state index is -4.90. The molecule has 1 fully saturated rings. The number of aromatic nitrogens is 2. The average Bonchev–Trinajstić information content (AvgIpc) is 2.99. The molecule has 37 heavy (non-hydrogen) atoms. The molecule has 0 spiro atoms. The number of halogens is 3. The van der Waals surface area contributed by atoms with Gasteiger partial charge in [-0.1, -0.05) is 42.5 Å². The number of benzene rings is 2. The summed E-state index contributed by atoms with van der Waals surface area (Å²) >= 11 is 0. The first-order chi connectivity index (χ1) is 17.3. The Balaban J connectivity index is 1.88. The maximum atomic E-state index is 13.5. The summed E-state index contributed by atoms with van der Waals surface area (Å²) in [5, 5.41) is 13.5. The Labute approximate surface area is 210 Å². The van der Waals surface area contributed by atoms with E-state index in [-0.39, 0.29) is 17.9 Å². The molecule has 8 nitrogen and oxygen atoms in total. The Kier molecular flexibility index (Phi) is 6.66. The van der Waals surface area contributed by atoms with E-state index in [9.17, 15) is 28.0 Å². The standard InChI is InChI=1S/C26H25F3N2O6/c1-15-16(2)31(34)22(30(15)14-17-8-6-5-7-9-17)20(21-23(32)36-25(3,4)37-24(21)33)18-10-12-19(13-11-18)35-26(27,28)29/h5-13,20-21H,14H2,1-4H3. The molecule has 0 radical (unpaired) electrons. The zero-order chi connectivity index (χ0) is 27.1. The summed E-state index contributed by atoms with van der Waals surface area (Å²) in [4.78, 5) is 26.2. The molecule has 0 amide bonds. The van der Waals surface area contributed by atoms with Crippen LogP contribution in [0.3, 0.4) is 0 Å². The number of ether oxygens (including phenoxy) is 3. The summed E-state index contributed by atoms with van der Waals surface area (Å²) in [6.07, 6.45) is -4.90. The van der Waals surface area contributed by atoms with E-state index in [0.717, 1.165) is 17.7 Å². The molecule has 0 saturated carbocycles. The third kappa shape index (κ3) is 5.40. The molecule has 3 aromatic rings. The molecule has 196 valence electrons. The van der Waals surface area contributed by atoms with Gasteiger partial charge in [0.15, 0.2) is 5.92 Å². The molecule has 1 aromatic heterocycles. The molecule has 0 aliphatic carbocycles. The Bertz CT molecular complexity index is 1300. The van der Waals surface area contributed by atoms with Crippen LogP contribution in [0, 0.1) is 25.0 Å². The van der Waals surface area contributed by atoms with Crippen molar-refractivity contribution in [2.24, 2.45) is 5.92 Å². The van der Waals surface area contributed by atoms with Crippen LogP contribution in [0.2, 0.25) is 0 Å². The summed E-state index contributed by atoms with van der Waals surface area (Å²) < 4.78 is 55.0. The van der Waals surface area contributed by atoms with Gasteiger partial charge in [0, 0.05) is 27.7 Å². The number of alkyl halides is 3. The first-order valence-corrected chi connectivity index (χ1v) is 11.4. The van der Waals surface area contributed by atoms with E-state index >= 15 is 0 Å². The highest BCUT2D eigenvalue weighted by Crippen LogP contribution is 2.39. The molecule has 4 rings (SSSR count). The SMILES string of the molecule is Cc1c(C)[n+]([O-])c(C(c2ccc(OC(F)(F)F)cc2)C2C(=O)OC(C)(C)OC2=O)n1Cc1ccccc1. The van der Waals surface area contributed by atoms with Gasteiger partial charge in [0.25, 0.3) is 11.6 Å². The van der Waals surface area contributed by atoms with Gasteiger partial charge < -0.3 is 19.4 Å². The number of imidazole rings is 1. The molecule has 2 heterocycles. The van der Waals surface area contributed by atoms with E-state index in [1.165, 1.54) is 26.0 Å². The molecule has 2 aromatic carbocycles. The lowest BCUT2D eigenvalue weighted by atomic mass is 9.84. The normalized spacial score (nSPS) is 16.7. The van der Waals surface area contributed by atoms with Crippen molar-refractivity contribution < 1.29 is 41.7 Å². The van der Waals surface area contributed by atoms with Crippen molar-refractivity contribution >= 4 is 11.9 Å². The topological polar surface area (TPSA) is 93.7 Å². The van der Waals surface area contributed by atoms with E-state index in [4.69, 9.17) is 9.47 Å². The van der Waals surface area contributed by atoms with E-state index in [2.05, 4.69) is 4.74 Å². The highest BCUT2D eigenvalue weighted by atomic mass is 19.4. The fourth-order valence-corrected chi connectivity index (χ4v) is 4.42. The molecule has 0 N–H and O–H groups in total. The molecule has 1 aliphatic heterocycles. The van der Waals surface area contributed by atoms with Crippen molar-refractivity contribution in [2.75, 3.05) is 0 Å². The predicted molar refractivity (Wildman–Crippen MR) is 123 cm³/mol. The Hall–Kier alpha value is -4.02. The molecule has 0 bridgehead atoms. The van der Waals surface area contributed by atoms with Crippen LogP contribution in [0.1, 0.15) is 48.1 Å². The molecule has 1 unspecified atom stereocenters. The predicted octanol–water partition coefficient (Wildman–Crippen LogP) is 4.27. The number of carbonyl (C=O) groups excluding carboxylic acids is 2. The van der Waals surface area contributed by atoms with Crippen molar-refractivity contribution in [3.8, 4) is 5.75 Å². The van der Waals surface area contributed by atoms with Crippen molar-refractivity contribution in [3.63, 3.8) is 0 Å². The first kappa shape index (κ1) is 26.1. The number of cyclic esters (lactones) is 2. The smallest absolute Gasteiger partial charge is 0.573 e. The first-order valence-electron chi connectivity index (χ1n) is 11.4. The minimum absolute atomic E-state index is 0.0435. The van der Waals surface area contributed by atoms with Gasteiger partial charge in [-0.05, 0) is 23.3 Å². The Morgan fingerprint density at radius 1 is 1.03 bits per heavy atom. The molecular formula is C26H25F3N2O6. The second-order valence-corrected chi connectivity index (χ2v) is 9.21. The fourth-order valence-electron chi connectivity index (χ4n) is 4.42. The highest BCUT2D eigenvalue weighted by Gasteiger charge is 2.52. The number of hydrogen-bond acceptors (Lipinski definition) is 6. The summed E-state index contributed by atoms with van der Waals surface area (Å²) in [6, 6.07) is 13.9. The van der Waals surface area contributed by atoms with Crippen molar-refractivity contribution in [2.45, 2.75) is 52.3 Å². The second kappa shape index (κ2) is 9.45. The lowest BCUT2D eigenvalue weighted by Gasteiger charge is -2.35. The number of nitrogens with zero attached hydrogens (tertiary/aromatic N) is 2. The molecule has 11 heteroatoms. The summed E-state index contributed by atoms with van der Waals surface area (Å²) in [5.74, 6) is -6.59. The second-order valence-electron chi connectivity index (χ2n) is 9.21. The number of hydrogen-bond donors (Lipinski definition) is 0. The average molecular weight is 518 g/mol. The Morgan fingerprint density at radius 2 is 1.59 bits per heavy atom. The van der Waals surface area contributed by atoms with Crippen LogP contribution in [0.15, 0.2) is 54.6 Å². The van der Waals surface area contributed by atoms with Gasteiger partial charge in [-0.2, -0.15) is 0 Å². The highest BCUT2D eigenvalue weighted by molar-refractivity contribution is 5.98. The van der Waals surface area contributed by atoms with E-state index in [0.29, 0.717) is 16.1 Å². The maximum absolute atomic E-state index is 13.5. The van der Waals surface area contributed by atoms with Gasteiger partial charge in [0.05, 0.1) is 0 Å². The van der Waals surface area contributed by atoms with Crippen molar-refractivity contribution in [1.82, 2.24) is 4.57 Å². The number of carbonyl (C=O) groups is 2. The van der Waals surface area contributed by atoms with Gasteiger partial charge in [-0.15, -0.1) is 13.2 Å². The number of rotatable bonds is 6. The third-order valence-electron chi connectivity index (χ3n) is 6.19. The molecule has 1 aliphatic rings. The van der Waals surface area contributed by atoms with Crippen LogP contribution in [-0.2, 0) is 25.6 Å². The Morgan fingerprint density at radius 3 is 2.14 bits per heavy atom. The van der Waals surface area contributed by atoms with Gasteiger partial charge in [0.2, 0.25) is 0 Å². The third-order valence-corrected chi connectivity index (χ3v) is 6.19. The fraction of sp³-hybridized carbons (Fsp3) is 0.346.